The molecular weight excluding hydrogens is 1130 g/mol. The lowest BCUT2D eigenvalue weighted by Gasteiger charge is -2.25. The van der Waals surface area contributed by atoms with E-state index in [0.29, 0.717) is 17.4 Å². The van der Waals surface area contributed by atoms with Crippen molar-refractivity contribution in [1.82, 2.24) is 0 Å². The van der Waals surface area contributed by atoms with E-state index in [0.717, 1.165) is 77.0 Å². The highest BCUT2D eigenvalue weighted by Gasteiger charge is 2.25. The van der Waals surface area contributed by atoms with Gasteiger partial charge in [-0.1, -0.05) is 369 Å². The van der Waals surface area contributed by atoms with Gasteiger partial charge in [-0.05, 0) is 64.2 Å². The molecular formula is C82H150NO8+. The van der Waals surface area contributed by atoms with Crippen LogP contribution in [0.2, 0.25) is 0 Å². The Balaban J connectivity index is 4.02. The molecule has 2 unspecified atom stereocenters. The van der Waals surface area contributed by atoms with Crippen LogP contribution in [-0.4, -0.2) is 87.4 Å². The molecule has 0 saturated carbocycles. The average Bonchev–Trinajstić information content (AvgIpc) is 3.46. The van der Waals surface area contributed by atoms with E-state index in [-0.39, 0.29) is 38.2 Å². The number of carboxylic acid groups (broad SMARTS) is 1. The SMILES string of the molecule is CC/C=C\C/C=C\C/C=C\C/C=C\C/C=C\C/C=C\CCCCCCCCCCCCCCCCCCC(=O)OC(COC(=O)CCCCCCCCCCCCCCCCCCCCCCCCCCCCCCCCC)COC(OCC[N+](C)(C)C)C(=O)O. The van der Waals surface area contributed by atoms with E-state index >= 15 is 0 Å². The first-order chi connectivity index (χ1) is 44.6. The van der Waals surface area contributed by atoms with Crippen molar-refractivity contribution in [2.24, 2.45) is 0 Å². The maximum atomic E-state index is 13.0. The van der Waals surface area contributed by atoms with Crippen molar-refractivity contribution in [3.8, 4) is 0 Å². The molecule has 9 heteroatoms. The number of unbranched alkanes of at least 4 members (excludes halogenated alkanes) is 46. The fourth-order valence-corrected chi connectivity index (χ4v) is 11.6. The number of allylic oxidation sites excluding steroid dienone is 12. The minimum absolute atomic E-state index is 0.178. The fourth-order valence-electron chi connectivity index (χ4n) is 11.6. The first-order valence-electron chi connectivity index (χ1n) is 39.1. The lowest BCUT2D eigenvalue weighted by Crippen LogP contribution is -2.40. The van der Waals surface area contributed by atoms with Gasteiger partial charge in [-0.25, -0.2) is 4.79 Å². The molecule has 91 heavy (non-hydrogen) atoms. The summed E-state index contributed by atoms with van der Waals surface area (Å²) in [6.07, 6.45) is 94.8. The second-order valence-electron chi connectivity index (χ2n) is 27.7. The molecule has 0 radical (unpaired) electrons. The Morgan fingerprint density at radius 2 is 0.626 bits per heavy atom. The van der Waals surface area contributed by atoms with Gasteiger partial charge < -0.3 is 28.5 Å². The van der Waals surface area contributed by atoms with Crippen LogP contribution < -0.4 is 0 Å². The number of aliphatic carboxylic acids is 1. The molecule has 0 aromatic heterocycles. The van der Waals surface area contributed by atoms with E-state index in [9.17, 15) is 19.5 Å². The minimum atomic E-state index is -1.51. The Hall–Kier alpha value is -3.27. The van der Waals surface area contributed by atoms with E-state index in [1.54, 1.807) is 0 Å². The van der Waals surface area contributed by atoms with Gasteiger partial charge in [0.05, 0.1) is 34.4 Å². The summed E-state index contributed by atoms with van der Waals surface area (Å²) in [6.45, 7) is 4.83. The number of rotatable bonds is 73. The van der Waals surface area contributed by atoms with Crippen molar-refractivity contribution in [2.45, 2.75) is 386 Å². The molecule has 9 nitrogen and oxygen atoms in total. The van der Waals surface area contributed by atoms with E-state index in [1.807, 2.05) is 21.1 Å². The number of carbonyl (C=O) groups is 3. The highest BCUT2D eigenvalue weighted by molar-refractivity contribution is 5.71. The number of ether oxygens (including phenoxy) is 4. The zero-order valence-corrected chi connectivity index (χ0v) is 60.8. The van der Waals surface area contributed by atoms with Gasteiger partial charge in [0.25, 0.3) is 6.29 Å². The number of nitrogens with zero attached hydrogens (tertiary/aromatic N) is 1. The molecule has 0 spiro atoms. The molecule has 0 aliphatic rings. The first-order valence-corrected chi connectivity index (χ1v) is 39.1. The van der Waals surface area contributed by atoms with Crippen LogP contribution in [0.1, 0.15) is 373 Å². The summed E-state index contributed by atoms with van der Waals surface area (Å²) in [6, 6.07) is 0. The van der Waals surface area contributed by atoms with Crippen molar-refractivity contribution in [2.75, 3.05) is 47.5 Å². The molecule has 0 aliphatic heterocycles. The van der Waals surface area contributed by atoms with Crippen molar-refractivity contribution >= 4 is 17.9 Å². The Morgan fingerprint density at radius 1 is 0.341 bits per heavy atom. The summed E-state index contributed by atoms with van der Waals surface area (Å²) < 4.78 is 23.1. The monoisotopic (exact) mass is 1280 g/mol. The summed E-state index contributed by atoms with van der Waals surface area (Å²) in [7, 11) is 5.99. The molecule has 0 saturated heterocycles. The Bertz CT molecular complexity index is 1730. The summed E-state index contributed by atoms with van der Waals surface area (Å²) in [5.41, 5.74) is 0. The van der Waals surface area contributed by atoms with Gasteiger partial charge in [-0.15, -0.1) is 0 Å². The van der Waals surface area contributed by atoms with Crippen LogP contribution in [0.25, 0.3) is 0 Å². The standard InChI is InChI=1S/C82H149NO8/c1-6-8-10-12-14-16-18-20-22-24-26-28-30-32-34-36-38-39-40-41-43-45-47-49-51-53-55-57-59-61-63-65-67-69-71-73-80(85)91-78(77-90-82(81(86)87)88-75-74-83(3,4)5)76-89-79(84)72-70-68-66-64-62-60-58-56-54-52-50-48-46-44-42-37-35-33-31-29-27-25-23-21-19-17-15-13-11-9-7-2/h8,10,14,16,20,22,26,28,32,34,38-39,78,82H,6-7,9,11-13,15,17-19,21,23-25,27,29-31,33,35-37,40-77H2,1-5H3/p+1/b10-8-,16-14-,22-20-,28-26-,34-32-,39-38-. The van der Waals surface area contributed by atoms with E-state index in [4.69, 9.17) is 18.9 Å². The molecule has 530 valence electrons. The molecule has 0 aliphatic carbocycles. The van der Waals surface area contributed by atoms with E-state index in [1.165, 1.54) is 270 Å². The number of likely N-dealkylation sites (N-methyl/N-ethyl adjacent to an activating group) is 1. The highest BCUT2D eigenvalue weighted by atomic mass is 16.7. The minimum Gasteiger partial charge on any atom is -0.477 e. The number of quaternary nitrogens is 1. The summed E-state index contributed by atoms with van der Waals surface area (Å²) in [4.78, 5) is 37.7. The van der Waals surface area contributed by atoms with Gasteiger partial charge in [0.1, 0.15) is 13.2 Å². The predicted molar refractivity (Wildman–Crippen MR) is 392 cm³/mol. The van der Waals surface area contributed by atoms with Crippen LogP contribution in [0.5, 0.6) is 0 Å². The molecule has 0 aromatic rings. The third-order valence-corrected chi connectivity index (χ3v) is 17.5. The Kier molecular flexibility index (Phi) is 69.9. The predicted octanol–water partition coefficient (Wildman–Crippen LogP) is 24.8. The van der Waals surface area contributed by atoms with Gasteiger partial charge in [-0.2, -0.15) is 0 Å². The molecule has 0 bridgehead atoms. The maximum Gasteiger partial charge on any atom is 0.361 e. The highest BCUT2D eigenvalue weighted by Crippen LogP contribution is 2.19. The molecule has 2 atom stereocenters. The summed E-state index contributed by atoms with van der Waals surface area (Å²) in [5.74, 6) is -1.98. The second kappa shape index (κ2) is 72.6. The summed E-state index contributed by atoms with van der Waals surface area (Å²) >= 11 is 0. The fraction of sp³-hybridized carbons (Fsp3) is 0.817. The number of carboxylic acids is 1. The van der Waals surface area contributed by atoms with Crippen molar-refractivity contribution in [1.29, 1.82) is 0 Å². The van der Waals surface area contributed by atoms with Crippen LogP contribution in [0.15, 0.2) is 72.9 Å². The smallest absolute Gasteiger partial charge is 0.361 e. The van der Waals surface area contributed by atoms with Crippen LogP contribution in [0, 0.1) is 0 Å². The van der Waals surface area contributed by atoms with Gasteiger partial charge in [0.15, 0.2) is 6.10 Å². The van der Waals surface area contributed by atoms with Gasteiger partial charge in [0, 0.05) is 12.8 Å². The van der Waals surface area contributed by atoms with E-state index in [2.05, 4.69) is 86.8 Å². The first kappa shape index (κ1) is 87.7. The Morgan fingerprint density at radius 3 is 0.934 bits per heavy atom. The van der Waals surface area contributed by atoms with Gasteiger partial charge in [0.2, 0.25) is 0 Å². The van der Waals surface area contributed by atoms with Gasteiger partial charge >= 0.3 is 17.9 Å². The quantitative estimate of drug-likeness (QED) is 0.0211. The van der Waals surface area contributed by atoms with Crippen molar-refractivity contribution in [3.05, 3.63) is 72.9 Å². The normalized spacial score (nSPS) is 13.0. The van der Waals surface area contributed by atoms with Crippen LogP contribution in [-0.2, 0) is 33.3 Å². The van der Waals surface area contributed by atoms with Crippen LogP contribution >= 0.6 is 0 Å². The summed E-state index contributed by atoms with van der Waals surface area (Å²) in [5, 5.41) is 9.77. The number of hydrogen-bond donors (Lipinski definition) is 1. The van der Waals surface area contributed by atoms with Crippen LogP contribution in [0.4, 0.5) is 0 Å². The topological polar surface area (TPSA) is 108 Å². The van der Waals surface area contributed by atoms with Crippen LogP contribution in [0.3, 0.4) is 0 Å². The zero-order valence-electron chi connectivity index (χ0n) is 60.8. The zero-order chi connectivity index (χ0) is 66.1. The molecule has 0 fully saturated rings. The molecule has 1 N–H and O–H groups in total. The molecule has 0 aromatic carbocycles. The third kappa shape index (κ3) is 74.0. The third-order valence-electron chi connectivity index (χ3n) is 17.5. The molecule has 0 heterocycles. The number of carbonyl (C=O) groups excluding carboxylic acids is 2. The van der Waals surface area contributed by atoms with Crippen molar-refractivity contribution < 1.29 is 42.9 Å². The van der Waals surface area contributed by atoms with E-state index < -0.39 is 18.4 Å². The second-order valence-corrected chi connectivity index (χ2v) is 27.7. The lowest BCUT2D eigenvalue weighted by atomic mass is 10.0. The molecule has 0 amide bonds. The van der Waals surface area contributed by atoms with Crippen molar-refractivity contribution in [3.63, 3.8) is 0 Å². The Labute approximate surface area is 564 Å². The number of hydrogen-bond acceptors (Lipinski definition) is 7. The maximum absolute atomic E-state index is 13.0. The number of esters is 2. The van der Waals surface area contributed by atoms with Gasteiger partial charge in [-0.3, -0.25) is 9.59 Å². The lowest BCUT2D eigenvalue weighted by molar-refractivity contribution is -0.870. The largest absolute Gasteiger partial charge is 0.477 e. The average molecular weight is 1280 g/mol. The molecule has 0 rings (SSSR count).